The molecule has 0 bridgehead atoms. The minimum atomic E-state index is -0.579. The molecule has 0 aliphatic carbocycles. The van der Waals surface area contributed by atoms with Crippen LogP contribution in [-0.2, 0) is 22.6 Å². The number of benzene rings is 2. The molecule has 0 saturated heterocycles. The number of hydrogen-bond donors (Lipinski definition) is 1. The molecule has 1 N–H and O–H groups in total. The largest absolute Gasteiger partial charge is 0.486 e. The van der Waals surface area contributed by atoms with Gasteiger partial charge in [0.1, 0.15) is 23.9 Å². The van der Waals surface area contributed by atoms with Crippen molar-refractivity contribution in [1.29, 1.82) is 0 Å². The van der Waals surface area contributed by atoms with Crippen molar-refractivity contribution >= 4 is 11.8 Å². The maximum Gasteiger partial charge on any atom is 0.287 e. The fourth-order valence-electron chi connectivity index (χ4n) is 4.45. The van der Waals surface area contributed by atoms with Gasteiger partial charge in [-0.1, -0.05) is 39.0 Å². The van der Waals surface area contributed by atoms with Gasteiger partial charge in [0, 0.05) is 25.6 Å². The minimum Gasteiger partial charge on any atom is -0.486 e. The molecule has 2 amide bonds. The van der Waals surface area contributed by atoms with E-state index in [9.17, 15) is 14.0 Å². The topological polar surface area (TPSA) is 81.0 Å². The van der Waals surface area contributed by atoms with E-state index in [1.54, 1.807) is 25.3 Å². The van der Waals surface area contributed by atoms with Crippen molar-refractivity contribution in [3.05, 3.63) is 88.6 Å². The van der Waals surface area contributed by atoms with Gasteiger partial charge < -0.3 is 24.1 Å². The van der Waals surface area contributed by atoms with Gasteiger partial charge in [0.2, 0.25) is 5.91 Å². The summed E-state index contributed by atoms with van der Waals surface area (Å²) in [5, 5.41) is 2.71. The second-order valence-corrected chi connectivity index (χ2v) is 10.1. The Morgan fingerprint density at radius 1 is 1.14 bits per heavy atom. The molecule has 2 heterocycles. The highest BCUT2D eigenvalue weighted by Gasteiger charge is 2.37. The Kier molecular flexibility index (Phi) is 7.97. The number of nitrogens with one attached hydrogen (secondary N) is 1. The average molecular weight is 509 g/mol. The standard InChI is InChI=1S/C29H33FN2O5/c1-29(2,3)28(34)32-14-12-19-8-9-22(17-24(19)26(32)20-6-5-7-21(30)16-20)36-18-23-10-11-25(37-23)27(33)31-13-15-35-4/h5-11,16-17,26H,12-15,18H2,1-4H3,(H,31,33). The number of amides is 2. The molecule has 0 fully saturated rings. The van der Waals surface area contributed by atoms with Crippen molar-refractivity contribution < 1.29 is 27.9 Å². The number of carbonyl (C=O) groups excluding carboxylic acids is 2. The van der Waals surface area contributed by atoms with E-state index in [0.29, 0.717) is 43.2 Å². The number of ether oxygens (including phenoxy) is 2. The lowest BCUT2D eigenvalue weighted by molar-refractivity contribution is -0.141. The number of halogens is 1. The first-order chi connectivity index (χ1) is 17.7. The number of hydrogen-bond acceptors (Lipinski definition) is 5. The van der Waals surface area contributed by atoms with Gasteiger partial charge in [-0.2, -0.15) is 0 Å². The van der Waals surface area contributed by atoms with Gasteiger partial charge in [0.05, 0.1) is 12.6 Å². The zero-order valence-corrected chi connectivity index (χ0v) is 21.7. The first-order valence-electron chi connectivity index (χ1n) is 12.4. The molecular weight excluding hydrogens is 475 g/mol. The molecule has 0 radical (unpaired) electrons. The predicted octanol–water partition coefficient (Wildman–Crippen LogP) is 4.89. The van der Waals surface area contributed by atoms with Crippen LogP contribution < -0.4 is 10.1 Å². The molecule has 37 heavy (non-hydrogen) atoms. The van der Waals surface area contributed by atoms with Gasteiger partial charge in [-0.15, -0.1) is 0 Å². The highest BCUT2D eigenvalue weighted by molar-refractivity contribution is 5.91. The molecule has 2 aromatic carbocycles. The normalized spacial score (nSPS) is 15.3. The van der Waals surface area contributed by atoms with Crippen LogP contribution in [0.5, 0.6) is 5.75 Å². The van der Waals surface area contributed by atoms with Crippen molar-refractivity contribution in [2.24, 2.45) is 5.41 Å². The lowest BCUT2D eigenvalue weighted by Crippen LogP contribution is -2.45. The summed E-state index contributed by atoms with van der Waals surface area (Å²) in [6.45, 7) is 7.15. The van der Waals surface area contributed by atoms with E-state index in [4.69, 9.17) is 13.9 Å². The number of carbonyl (C=O) groups is 2. The summed E-state index contributed by atoms with van der Waals surface area (Å²) in [5.41, 5.74) is 2.13. The third-order valence-electron chi connectivity index (χ3n) is 6.27. The molecule has 7 nitrogen and oxygen atoms in total. The Labute approximate surface area is 216 Å². The quantitative estimate of drug-likeness (QED) is 0.438. The van der Waals surface area contributed by atoms with Crippen molar-refractivity contribution in [3.8, 4) is 5.75 Å². The van der Waals surface area contributed by atoms with Crippen LogP contribution in [0.3, 0.4) is 0 Å². The highest BCUT2D eigenvalue weighted by atomic mass is 19.1. The number of nitrogens with zero attached hydrogens (tertiary/aromatic N) is 1. The minimum absolute atomic E-state index is 0.00521. The van der Waals surface area contributed by atoms with Gasteiger partial charge in [-0.25, -0.2) is 4.39 Å². The predicted molar refractivity (Wildman–Crippen MR) is 137 cm³/mol. The zero-order valence-electron chi connectivity index (χ0n) is 21.7. The van der Waals surface area contributed by atoms with Crippen LogP contribution in [0.1, 0.15) is 59.8 Å². The third-order valence-corrected chi connectivity index (χ3v) is 6.27. The van der Waals surface area contributed by atoms with E-state index in [0.717, 1.165) is 11.1 Å². The second kappa shape index (κ2) is 11.2. The number of furan rings is 1. The summed E-state index contributed by atoms with van der Waals surface area (Å²) in [6, 6.07) is 15.1. The Balaban J connectivity index is 1.56. The lowest BCUT2D eigenvalue weighted by atomic mass is 9.85. The Morgan fingerprint density at radius 3 is 2.68 bits per heavy atom. The zero-order chi connectivity index (χ0) is 26.6. The number of rotatable bonds is 8. The van der Waals surface area contributed by atoms with Gasteiger partial charge in [-0.05, 0) is 59.5 Å². The van der Waals surface area contributed by atoms with Crippen LogP contribution >= 0.6 is 0 Å². The summed E-state index contributed by atoms with van der Waals surface area (Å²) in [6.07, 6.45) is 0.697. The number of fused-ring (bicyclic) bond motifs is 1. The third kappa shape index (κ3) is 6.20. The van der Waals surface area contributed by atoms with E-state index in [1.807, 2.05) is 49.9 Å². The summed E-state index contributed by atoms with van der Waals surface area (Å²) in [5.74, 6) is 0.625. The summed E-state index contributed by atoms with van der Waals surface area (Å²) >= 11 is 0. The Morgan fingerprint density at radius 2 is 1.95 bits per heavy atom. The molecule has 1 atom stereocenters. The summed E-state index contributed by atoms with van der Waals surface area (Å²) in [4.78, 5) is 27.4. The maximum absolute atomic E-state index is 14.2. The van der Waals surface area contributed by atoms with Crippen LogP contribution in [-0.4, -0.2) is 43.5 Å². The van der Waals surface area contributed by atoms with E-state index < -0.39 is 11.5 Å². The molecular formula is C29H33FN2O5. The van der Waals surface area contributed by atoms with E-state index in [1.165, 1.54) is 12.1 Å². The Bertz CT molecular complexity index is 1260. The molecule has 4 rings (SSSR count). The highest BCUT2D eigenvalue weighted by Crippen LogP contribution is 2.39. The lowest BCUT2D eigenvalue weighted by Gasteiger charge is -2.41. The maximum atomic E-state index is 14.2. The van der Waals surface area contributed by atoms with Gasteiger partial charge >= 0.3 is 0 Å². The second-order valence-electron chi connectivity index (χ2n) is 10.1. The molecule has 1 aliphatic heterocycles. The van der Waals surface area contributed by atoms with Crippen LogP contribution in [0.4, 0.5) is 4.39 Å². The van der Waals surface area contributed by atoms with Gasteiger partial charge in [0.15, 0.2) is 5.76 Å². The molecule has 196 valence electrons. The first kappa shape index (κ1) is 26.4. The number of methoxy groups -OCH3 is 1. The van der Waals surface area contributed by atoms with E-state index in [2.05, 4.69) is 5.32 Å². The fraction of sp³-hybridized carbons (Fsp3) is 0.379. The van der Waals surface area contributed by atoms with Gasteiger partial charge in [-0.3, -0.25) is 9.59 Å². The molecule has 0 saturated carbocycles. The molecule has 1 aliphatic rings. The summed E-state index contributed by atoms with van der Waals surface area (Å²) in [7, 11) is 1.56. The van der Waals surface area contributed by atoms with Crippen molar-refractivity contribution in [1.82, 2.24) is 10.2 Å². The average Bonchev–Trinajstić information content (AvgIpc) is 3.35. The Hall–Kier alpha value is -3.65. The molecule has 3 aromatic rings. The van der Waals surface area contributed by atoms with Crippen molar-refractivity contribution in [3.63, 3.8) is 0 Å². The van der Waals surface area contributed by atoms with E-state index in [-0.39, 0.29) is 30.0 Å². The molecule has 1 aromatic heterocycles. The molecule has 1 unspecified atom stereocenters. The van der Waals surface area contributed by atoms with E-state index >= 15 is 0 Å². The SMILES string of the molecule is COCCNC(=O)c1ccc(COc2ccc3c(c2)C(c2cccc(F)c2)N(C(=O)C(C)(C)C)CC3)o1. The van der Waals surface area contributed by atoms with Crippen LogP contribution in [0, 0.1) is 11.2 Å². The van der Waals surface area contributed by atoms with Crippen LogP contribution in [0.2, 0.25) is 0 Å². The fourth-order valence-corrected chi connectivity index (χ4v) is 4.45. The first-order valence-corrected chi connectivity index (χ1v) is 12.4. The van der Waals surface area contributed by atoms with Crippen molar-refractivity contribution in [2.75, 3.05) is 26.8 Å². The van der Waals surface area contributed by atoms with Crippen molar-refractivity contribution in [2.45, 2.75) is 39.8 Å². The smallest absolute Gasteiger partial charge is 0.287 e. The van der Waals surface area contributed by atoms with Crippen LogP contribution in [0.15, 0.2) is 59.0 Å². The molecule has 0 spiro atoms. The monoisotopic (exact) mass is 508 g/mol. The summed E-state index contributed by atoms with van der Waals surface area (Å²) < 4.78 is 30.8. The molecule has 8 heteroatoms. The van der Waals surface area contributed by atoms with Crippen LogP contribution in [0.25, 0.3) is 0 Å². The van der Waals surface area contributed by atoms with Gasteiger partial charge in [0.25, 0.3) is 5.91 Å².